The highest BCUT2D eigenvalue weighted by molar-refractivity contribution is 5.80. The van der Waals surface area contributed by atoms with Gasteiger partial charge in [0, 0.05) is 32.0 Å². The van der Waals surface area contributed by atoms with Crippen molar-refractivity contribution in [3.05, 3.63) is 41.5 Å². The first-order valence-corrected chi connectivity index (χ1v) is 10.2. The van der Waals surface area contributed by atoms with E-state index in [1.54, 1.807) is 0 Å². The van der Waals surface area contributed by atoms with Gasteiger partial charge in [-0.3, -0.25) is 4.99 Å². The van der Waals surface area contributed by atoms with Crippen LogP contribution in [-0.4, -0.2) is 35.3 Å². The average Bonchev–Trinajstić information content (AvgIpc) is 3.33. The summed E-state index contributed by atoms with van der Waals surface area (Å²) in [4.78, 5) is 8.66. The van der Waals surface area contributed by atoms with E-state index in [1.807, 2.05) is 14.0 Å². The van der Waals surface area contributed by atoms with Crippen molar-refractivity contribution in [1.82, 2.24) is 20.8 Å². The SMILES string of the molecule is CN=C(NCCCc1nc(C)no1)NC1CC2(CCCC2)Oc2ccccc21. The number of hydrogen-bond acceptors (Lipinski definition) is 5. The van der Waals surface area contributed by atoms with Crippen molar-refractivity contribution in [1.29, 1.82) is 0 Å². The van der Waals surface area contributed by atoms with Crippen LogP contribution in [0, 0.1) is 6.92 Å². The standard InChI is InChI=1S/C21H29N5O2/c1-15-24-19(28-26-15)10-7-13-23-20(22-2)25-17-14-21(11-5-6-12-21)27-18-9-4-3-8-16(17)18/h3-4,8-9,17H,5-7,10-14H2,1-2H3,(H2,22,23,25). The Morgan fingerprint density at radius 3 is 2.86 bits per heavy atom. The molecule has 1 saturated carbocycles. The van der Waals surface area contributed by atoms with E-state index in [0.717, 1.165) is 50.4 Å². The van der Waals surface area contributed by atoms with E-state index in [9.17, 15) is 0 Å². The minimum Gasteiger partial charge on any atom is -0.487 e. The van der Waals surface area contributed by atoms with Gasteiger partial charge in [-0.1, -0.05) is 23.4 Å². The maximum Gasteiger partial charge on any atom is 0.226 e. The Morgan fingerprint density at radius 2 is 2.11 bits per heavy atom. The molecule has 1 unspecified atom stereocenters. The minimum atomic E-state index is -0.0271. The summed E-state index contributed by atoms with van der Waals surface area (Å²) >= 11 is 0. The number of aromatic nitrogens is 2. The Hall–Kier alpha value is -2.57. The third-order valence-corrected chi connectivity index (χ3v) is 5.68. The zero-order chi connectivity index (χ0) is 19.4. The van der Waals surface area contributed by atoms with Gasteiger partial charge in [0.25, 0.3) is 0 Å². The van der Waals surface area contributed by atoms with Crippen molar-refractivity contribution in [2.45, 2.75) is 63.5 Å². The summed E-state index contributed by atoms with van der Waals surface area (Å²) in [5, 5.41) is 10.9. The van der Waals surface area contributed by atoms with Crippen molar-refractivity contribution in [3.63, 3.8) is 0 Å². The maximum absolute atomic E-state index is 6.45. The highest BCUT2D eigenvalue weighted by Gasteiger charge is 2.43. The summed E-state index contributed by atoms with van der Waals surface area (Å²) in [5.74, 6) is 3.19. The molecule has 2 heterocycles. The molecule has 0 saturated heterocycles. The number of nitrogens with zero attached hydrogens (tertiary/aromatic N) is 3. The highest BCUT2D eigenvalue weighted by Crippen LogP contribution is 2.46. The van der Waals surface area contributed by atoms with Crippen LogP contribution < -0.4 is 15.4 Å². The number of hydrogen-bond donors (Lipinski definition) is 2. The average molecular weight is 383 g/mol. The lowest BCUT2D eigenvalue weighted by atomic mass is 9.86. The maximum atomic E-state index is 6.45. The molecule has 4 rings (SSSR count). The van der Waals surface area contributed by atoms with Crippen molar-refractivity contribution in [3.8, 4) is 5.75 Å². The number of aliphatic imine (C=N–C) groups is 1. The highest BCUT2D eigenvalue weighted by atomic mass is 16.5. The van der Waals surface area contributed by atoms with Crippen LogP contribution in [0.1, 0.15) is 61.8 Å². The Labute approximate surface area is 166 Å². The fourth-order valence-corrected chi connectivity index (χ4v) is 4.32. The van der Waals surface area contributed by atoms with E-state index >= 15 is 0 Å². The molecular weight excluding hydrogens is 354 g/mol. The largest absolute Gasteiger partial charge is 0.487 e. The number of nitrogens with one attached hydrogen (secondary N) is 2. The van der Waals surface area contributed by atoms with Crippen LogP contribution in [0.2, 0.25) is 0 Å². The van der Waals surface area contributed by atoms with Gasteiger partial charge in [-0.05, 0) is 45.1 Å². The molecule has 7 nitrogen and oxygen atoms in total. The predicted molar refractivity (Wildman–Crippen MR) is 107 cm³/mol. The smallest absolute Gasteiger partial charge is 0.226 e. The Bertz CT molecular complexity index is 826. The number of guanidine groups is 1. The Morgan fingerprint density at radius 1 is 1.29 bits per heavy atom. The number of benzene rings is 1. The van der Waals surface area contributed by atoms with Crippen molar-refractivity contribution < 1.29 is 9.26 Å². The molecule has 150 valence electrons. The van der Waals surface area contributed by atoms with Crippen LogP contribution in [0.15, 0.2) is 33.8 Å². The molecule has 28 heavy (non-hydrogen) atoms. The predicted octanol–water partition coefficient (Wildman–Crippen LogP) is 3.31. The third-order valence-electron chi connectivity index (χ3n) is 5.68. The van der Waals surface area contributed by atoms with Crippen LogP contribution in [0.5, 0.6) is 5.75 Å². The van der Waals surface area contributed by atoms with Crippen molar-refractivity contribution >= 4 is 5.96 Å². The zero-order valence-electron chi connectivity index (χ0n) is 16.7. The first kappa shape index (κ1) is 18.8. The van der Waals surface area contributed by atoms with E-state index in [-0.39, 0.29) is 11.6 Å². The minimum absolute atomic E-state index is 0.0271. The number of para-hydroxylation sites is 1. The second-order valence-corrected chi connectivity index (χ2v) is 7.77. The van der Waals surface area contributed by atoms with Gasteiger partial charge in [-0.2, -0.15) is 4.98 Å². The summed E-state index contributed by atoms with van der Waals surface area (Å²) in [7, 11) is 1.81. The zero-order valence-corrected chi connectivity index (χ0v) is 16.7. The van der Waals surface area contributed by atoms with Gasteiger partial charge in [0.15, 0.2) is 11.8 Å². The molecule has 1 aromatic heterocycles. The number of ether oxygens (including phenoxy) is 1. The molecule has 2 aliphatic rings. The van der Waals surface area contributed by atoms with Gasteiger partial charge >= 0.3 is 0 Å². The molecule has 1 spiro atoms. The van der Waals surface area contributed by atoms with Crippen molar-refractivity contribution in [2.24, 2.45) is 4.99 Å². The van der Waals surface area contributed by atoms with Gasteiger partial charge in [-0.15, -0.1) is 0 Å². The summed E-state index contributed by atoms with van der Waals surface area (Å²) in [6, 6.07) is 8.57. The molecule has 0 radical (unpaired) electrons. The summed E-state index contributed by atoms with van der Waals surface area (Å²) < 4.78 is 11.6. The normalized spacial score (nSPS) is 20.6. The van der Waals surface area contributed by atoms with E-state index < -0.39 is 0 Å². The van der Waals surface area contributed by atoms with E-state index in [0.29, 0.717) is 11.7 Å². The van der Waals surface area contributed by atoms with Gasteiger partial charge in [0.05, 0.1) is 6.04 Å². The van der Waals surface area contributed by atoms with Crippen LogP contribution in [0.3, 0.4) is 0 Å². The number of rotatable bonds is 5. The Balaban J connectivity index is 1.37. The molecule has 0 amide bonds. The topological polar surface area (TPSA) is 84.6 Å². The lowest BCUT2D eigenvalue weighted by molar-refractivity contribution is 0.0396. The van der Waals surface area contributed by atoms with Gasteiger partial charge in [0.1, 0.15) is 11.4 Å². The van der Waals surface area contributed by atoms with Crippen LogP contribution >= 0.6 is 0 Å². The van der Waals surface area contributed by atoms with Crippen LogP contribution in [0.25, 0.3) is 0 Å². The van der Waals surface area contributed by atoms with Crippen molar-refractivity contribution in [2.75, 3.05) is 13.6 Å². The number of fused-ring (bicyclic) bond motifs is 1. The van der Waals surface area contributed by atoms with Gasteiger partial charge < -0.3 is 19.9 Å². The summed E-state index contributed by atoms with van der Waals surface area (Å²) in [6.07, 6.45) is 7.40. The third kappa shape index (κ3) is 4.13. The van der Waals surface area contributed by atoms with E-state index in [2.05, 4.69) is 50.0 Å². The molecule has 2 aromatic rings. The van der Waals surface area contributed by atoms with Crippen LogP contribution in [0.4, 0.5) is 0 Å². The first-order valence-electron chi connectivity index (χ1n) is 10.2. The van der Waals surface area contributed by atoms with Gasteiger partial charge in [-0.25, -0.2) is 0 Å². The number of aryl methyl sites for hydroxylation is 2. The molecule has 2 N–H and O–H groups in total. The molecule has 1 fully saturated rings. The van der Waals surface area contributed by atoms with Crippen LogP contribution in [-0.2, 0) is 6.42 Å². The molecule has 1 aliphatic carbocycles. The van der Waals surface area contributed by atoms with E-state index in [4.69, 9.17) is 9.26 Å². The molecule has 7 heteroatoms. The monoisotopic (exact) mass is 383 g/mol. The lowest BCUT2D eigenvalue weighted by Gasteiger charge is -2.40. The lowest BCUT2D eigenvalue weighted by Crippen LogP contribution is -2.46. The second kappa shape index (κ2) is 8.20. The molecule has 0 bridgehead atoms. The molecule has 1 aromatic carbocycles. The quantitative estimate of drug-likeness (QED) is 0.468. The molecule has 1 aliphatic heterocycles. The van der Waals surface area contributed by atoms with Gasteiger partial charge in [0.2, 0.25) is 5.89 Å². The first-order chi connectivity index (χ1) is 13.7. The molecular formula is C21H29N5O2. The Kier molecular flexibility index (Phi) is 5.50. The second-order valence-electron chi connectivity index (χ2n) is 7.77. The van der Waals surface area contributed by atoms with E-state index in [1.165, 1.54) is 18.4 Å². The fourth-order valence-electron chi connectivity index (χ4n) is 4.32. The molecule has 1 atom stereocenters. The summed E-state index contributed by atoms with van der Waals surface area (Å²) in [6.45, 7) is 2.62. The summed E-state index contributed by atoms with van der Waals surface area (Å²) in [5.41, 5.74) is 1.19. The fraction of sp³-hybridized carbons (Fsp3) is 0.571.